The number of aryl methyl sites for hydroxylation is 1. The van der Waals surface area contributed by atoms with Crippen LogP contribution in [0.3, 0.4) is 0 Å². The van der Waals surface area contributed by atoms with Crippen LogP contribution in [0.25, 0.3) is 0 Å². The van der Waals surface area contributed by atoms with E-state index < -0.39 is 23.3 Å². The average Bonchev–Trinajstić information content (AvgIpc) is 3.19. The molecule has 1 aromatic rings. The molecule has 0 aromatic heterocycles. The Morgan fingerprint density at radius 3 is 2.40 bits per heavy atom. The van der Waals surface area contributed by atoms with Crippen molar-refractivity contribution < 1.29 is 23.1 Å². The molecule has 0 spiro atoms. The highest BCUT2D eigenvalue weighted by Crippen LogP contribution is 2.43. The van der Waals surface area contributed by atoms with Crippen molar-refractivity contribution in [2.24, 2.45) is 5.92 Å². The summed E-state index contributed by atoms with van der Waals surface area (Å²) in [5, 5.41) is 0. The van der Waals surface area contributed by atoms with Gasteiger partial charge in [0.15, 0.2) is 11.5 Å². The molecule has 0 saturated heterocycles. The van der Waals surface area contributed by atoms with Crippen LogP contribution in [-0.2, 0) is 20.7 Å². The van der Waals surface area contributed by atoms with Crippen LogP contribution < -0.4 is 0 Å². The van der Waals surface area contributed by atoms with Gasteiger partial charge in [-0.25, -0.2) is 8.78 Å². The maximum absolute atomic E-state index is 13.8. The molecule has 1 aliphatic rings. The minimum atomic E-state index is -1.85. The number of benzene rings is 1. The van der Waals surface area contributed by atoms with Crippen molar-refractivity contribution in [1.82, 2.24) is 0 Å². The number of carbonyl (C=O) groups excluding carboxylic acids is 2. The van der Waals surface area contributed by atoms with Gasteiger partial charge in [-0.05, 0) is 43.4 Å². The van der Waals surface area contributed by atoms with Crippen molar-refractivity contribution in [3.63, 3.8) is 0 Å². The fraction of sp³-hybridized carbons (Fsp3) is 0.467. The highest BCUT2D eigenvalue weighted by atomic mass is 19.1. The van der Waals surface area contributed by atoms with E-state index in [2.05, 4.69) is 4.74 Å². The SMILES string of the molecule is COC(=O)C(CCc1ccc(F)cc1)C(=O)C1(F)CC1. The van der Waals surface area contributed by atoms with Crippen LogP contribution >= 0.6 is 0 Å². The number of carbonyl (C=O) groups is 2. The Labute approximate surface area is 115 Å². The van der Waals surface area contributed by atoms with E-state index in [1.54, 1.807) is 12.1 Å². The quantitative estimate of drug-likeness (QED) is 0.595. The molecule has 0 heterocycles. The number of hydrogen-bond donors (Lipinski definition) is 0. The molecule has 2 rings (SSSR count). The summed E-state index contributed by atoms with van der Waals surface area (Å²) in [6.07, 6.45) is 0.913. The molecular formula is C15H16F2O3. The van der Waals surface area contributed by atoms with E-state index in [0.29, 0.717) is 6.42 Å². The highest BCUT2D eigenvalue weighted by molar-refractivity contribution is 6.04. The molecule has 0 radical (unpaired) electrons. The second kappa shape index (κ2) is 5.69. The molecule has 1 atom stereocenters. The number of methoxy groups -OCH3 is 1. The fourth-order valence-corrected chi connectivity index (χ4v) is 2.13. The molecule has 1 unspecified atom stereocenters. The predicted molar refractivity (Wildman–Crippen MR) is 68.3 cm³/mol. The van der Waals surface area contributed by atoms with Crippen molar-refractivity contribution in [2.75, 3.05) is 7.11 Å². The maximum Gasteiger partial charge on any atom is 0.316 e. The smallest absolute Gasteiger partial charge is 0.316 e. The molecule has 1 fully saturated rings. The number of ether oxygens (including phenoxy) is 1. The monoisotopic (exact) mass is 282 g/mol. The van der Waals surface area contributed by atoms with E-state index in [1.165, 1.54) is 19.2 Å². The Morgan fingerprint density at radius 1 is 1.30 bits per heavy atom. The van der Waals surface area contributed by atoms with Gasteiger partial charge in [-0.1, -0.05) is 12.1 Å². The molecule has 0 aliphatic heterocycles. The van der Waals surface area contributed by atoms with Crippen molar-refractivity contribution in [2.45, 2.75) is 31.4 Å². The molecule has 108 valence electrons. The predicted octanol–water partition coefficient (Wildman–Crippen LogP) is 2.62. The number of esters is 1. The van der Waals surface area contributed by atoms with E-state index in [4.69, 9.17) is 0 Å². The van der Waals surface area contributed by atoms with Crippen molar-refractivity contribution >= 4 is 11.8 Å². The van der Waals surface area contributed by atoms with Gasteiger partial charge in [-0.15, -0.1) is 0 Å². The third kappa shape index (κ3) is 3.21. The second-order valence-electron chi connectivity index (χ2n) is 5.07. The summed E-state index contributed by atoms with van der Waals surface area (Å²) in [5.74, 6) is -2.83. The number of halogens is 2. The fourth-order valence-electron chi connectivity index (χ4n) is 2.13. The van der Waals surface area contributed by atoms with E-state index in [1.807, 2.05) is 0 Å². The summed E-state index contributed by atoms with van der Waals surface area (Å²) >= 11 is 0. The lowest BCUT2D eigenvalue weighted by molar-refractivity contribution is -0.151. The molecule has 1 aromatic carbocycles. The first-order valence-electron chi connectivity index (χ1n) is 6.52. The Hall–Kier alpha value is -1.78. The van der Waals surface area contributed by atoms with E-state index in [-0.39, 0.29) is 25.1 Å². The number of Topliss-reactive ketones (excluding diaryl/α,β-unsaturated/α-hetero) is 1. The Morgan fingerprint density at radius 2 is 1.90 bits per heavy atom. The highest BCUT2D eigenvalue weighted by Gasteiger charge is 2.54. The summed E-state index contributed by atoms with van der Waals surface area (Å²) in [6.45, 7) is 0. The molecule has 0 amide bonds. The molecule has 0 N–H and O–H groups in total. The van der Waals surface area contributed by atoms with Crippen molar-refractivity contribution in [3.05, 3.63) is 35.6 Å². The first-order chi connectivity index (χ1) is 9.46. The van der Waals surface area contributed by atoms with Crippen molar-refractivity contribution in [3.8, 4) is 0 Å². The lowest BCUT2D eigenvalue weighted by atomic mass is 9.92. The minimum Gasteiger partial charge on any atom is -0.468 e. The average molecular weight is 282 g/mol. The van der Waals surface area contributed by atoms with E-state index in [0.717, 1.165) is 5.56 Å². The van der Waals surface area contributed by atoms with E-state index >= 15 is 0 Å². The summed E-state index contributed by atoms with van der Waals surface area (Å²) < 4.78 is 31.2. The van der Waals surface area contributed by atoms with Gasteiger partial charge in [0, 0.05) is 0 Å². The lowest BCUT2D eigenvalue weighted by Crippen LogP contribution is -2.33. The Kier molecular flexibility index (Phi) is 4.16. The normalized spacial score (nSPS) is 17.4. The van der Waals surface area contributed by atoms with Gasteiger partial charge in [0.2, 0.25) is 0 Å². The number of rotatable bonds is 6. The Bertz CT molecular complexity index is 506. The first-order valence-corrected chi connectivity index (χ1v) is 6.52. The number of hydrogen-bond acceptors (Lipinski definition) is 3. The van der Waals surface area contributed by atoms with Gasteiger partial charge in [-0.2, -0.15) is 0 Å². The van der Waals surface area contributed by atoms with Gasteiger partial charge in [-0.3, -0.25) is 9.59 Å². The molecule has 0 bridgehead atoms. The second-order valence-corrected chi connectivity index (χ2v) is 5.07. The molecule has 1 aliphatic carbocycles. The molecule has 3 nitrogen and oxygen atoms in total. The maximum atomic E-state index is 13.8. The van der Waals surface area contributed by atoms with Crippen LogP contribution in [0.1, 0.15) is 24.8 Å². The van der Waals surface area contributed by atoms with E-state index in [9.17, 15) is 18.4 Å². The van der Waals surface area contributed by atoms with Gasteiger partial charge < -0.3 is 4.74 Å². The van der Waals surface area contributed by atoms with Crippen molar-refractivity contribution in [1.29, 1.82) is 0 Å². The third-order valence-corrected chi connectivity index (χ3v) is 3.57. The zero-order valence-electron chi connectivity index (χ0n) is 11.2. The summed E-state index contributed by atoms with van der Waals surface area (Å²) in [4.78, 5) is 23.6. The van der Waals surface area contributed by atoms with Gasteiger partial charge >= 0.3 is 5.97 Å². The standard InChI is InChI=1S/C15H16F2O3/c1-20-14(19)12(13(18)15(17)8-9-15)7-4-10-2-5-11(16)6-3-10/h2-3,5-6,12H,4,7-9H2,1H3. The van der Waals surface area contributed by atoms with Crippen LogP contribution in [0.15, 0.2) is 24.3 Å². The molecule has 5 heteroatoms. The number of ketones is 1. The van der Waals surface area contributed by atoms with Crippen LogP contribution in [0.2, 0.25) is 0 Å². The van der Waals surface area contributed by atoms with Crippen LogP contribution in [0.4, 0.5) is 8.78 Å². The first kappa shape index (κ1) is 14.6. The molecule has 1 saturated carbocycles. The van der Waals surface area contributed by atoms with Gasteiger partial charge in [0.25, 0.3) is 0 Å². The minimum absolute atomic E-state index is 0.169. The topological polar surface area (TPSA) is 43.4 Å². The summed E-state index contributed by atoms with van der Waals surface area (Å²) in [6, 6.07) is 5.77. The van der Waals surface area contributed by atoms with Crippen LogP contribution in [0, 0.1) is 11.7 Å². The number of alkyl halides is 1. The van der Waals surface area contributed by atoms with Gasteiger partial charge in [0.05, 0.1) is 7.11 Å². The molecule has 20 heavy (non-hydrogen) atoms. The Balaban J connectivity index is 2.02. The van der Waals surface area contributed by atoms with Gasteiger partial charge in [0.1, 0.15) is 11.7 Å². The van der Waals surface area contributed by atoms with Crippen LogP contribution in [-0.4, -0.2) is 24.5 Å². The zero-order valence-corrected chi connectivity index (χ0v) is 11.2. The zero-order chi connectivity index (χ0) is 14.8. The third-order valence-electron chi connectivity index (χ3n) is 3.57. The largest absolute Gasteiger partial charge is 0.468 e. The molecular weight excluding hydrogens is 266 g/mol. The lowest BCUT2D eigenvalue weighted by Gasteiger charge is -2.15. The summed E-state index contributed by atoms with van der Waals surface area (Å²) in [5.41, 5.74) is -1.06. The summed E-state index contributed by atoms with van der Waals surface area (Å²) in [7, 11) is 1.18. The van der Waals surface area contributed by atoms with Crippen LogP contribution in [0.5, 0.6) is 0 Å².